The number of nitrogens with one attached hydrogen (secondary N) is 2. The number of aryl methyl sites for hydroxylation is 2. The summed E-state index contributed by atoms with van der Waals surface area (Å²) in [6, 6.07) is 6.95. The molecule has 0 bridgehead atoms. The van der Waals surface area contributed by atoms with Gasteiger partial charge < -0.3 is 19.5 Å². The lowest BCUT2D eigenvalue weighted by Gasteiger charge is -2.05. The molecule has 0 radical (unpaired) electrons. The molecule has 2 rings (SSSR count). The number of carbonyl (C=O) groups excluding carboxylic acids is 2. The fourth-order valence-electron chi connectivity index (χ4n) is 2.65. The van der Waals surface area contributed by atoms with Crippen LogP contribution in [0.2, 0.25) is 0 Å². The van der Waals surface area contributed by atoms with Gasteiger partial charge in [0.15, 0.2) is 11.5 Å². The highest BCUT2D eigenvalue weighted by molar-refractivity contribution is 5.91. The first-order valence-corrected chi connectivity index (χ1v) is 9.25. The van der Waals surface area contributed by atoms with Gasteiger partial charge in [0.25, 0.3) is 11.8 Å². The lowest BCUT2D eigenvalue weighted by atomic mass is 10.1. The van der Waals surface area contributed by atoms with Crippen LogP contribution in [0.3, 0.4) is 0 Å². The molecular formula is C20H28N2O4. The first kappa shape index (κ1) is 19.8. The number of carbonyl (C=O) groups is 2. The second-order valence-electron chi connectivity index (χ2n) is 6.45. The Hall–Kier alpha value is -2.50. The maximum Gasteiger partial charge on any atom is 0.286 e. The van der Waals surface area contributed by atoms with E-state index in [2.05, 4.69) is 10.6 Å². The van der Waals surface area contributed by atoms with Gasteiger partial charge in [0.05, 0.1) is 0 Å². The van der Waals surface area contributed by atoms with Crippen LogP contribution in [0.4, 0.5) is 0 Å². The van der Waals surface area contributed by atoms with Crippen LogP contribution in [0.1, 0.15) is 71.2 Å². The average molecular weight is 360 g/mol. The molecule has 6 heteroatoms. The Morgan fingerprint density at radius 3 is 1.42 bits per heavy atom. The molecular weight excluding hydrogens is 332 g/mol. The number of rotatable bonds is 11. The Kier molecular flexibility index (Phi) is 7.99. The third-order valence-corrected chi connectivity index (χ3v) is 4.10. The molecule has 2 heterocycles. The monoisotopic (exact) mass is 360 g/mol. The maximum absolute atomic E-state index is 11.8. The van der Waals surface area contributed by atoms with Gasteiger partial charge in [-0.2, -0.15) is 0 Å². The summed E-state index contributed by atoms with van der Waals surface area (Å²) in [5.74, 6) is 1.92. The minimum Gasteiger partial charge on any atom is -0.456 e. The van der Waals surface area contributed by atoms with Gasteiger partial charge >= 0.3 is 0 Å². The zero-order valence-electron chi connectivity index (χ0n) is 15.6. The summed E-state index contributed by atoms with van der Waals surface area (Å²) < 4.78 is 10.6. The van der Waals surface area contributed by atoms with E-state index < -0.39 is 0 Å². The van der Waals surface area contributed by atoms with Crippen LogP contribution in [-0.4, -0.2) is 24.9 Å². The third kappa shape index (κ3) is 6.78. The molecule has 26 heavy (non-hydrogen) atoms. The minimum absolute atomic E-state index is 0.152. The van der Waals surface area contributed by atoms with Gasteiger partial charge in [-0.1, -0.05) is 25.7 Å². The molecule has 0 aliphatic rings. The fraction of sp³-hybridized carbons (Fsp3) is 0.500. The van der Waals surface area contributed by atoms with E-state index in [9.17, 15) is 9.59 Å². The van der Waals surface area contributed by atoms with Crippen LogP contribution in [0.25, 0.3) is 0 Å². The van der Waals surface area contributed by atoms with Crippen molar-refractivity contribution in [3.05, 3.63) is 47.3 Å². The average Bonchev–Trinajstić information content (AvgIpc) is 3.24. The minimum atomic E-state index is -0.152. The van der Waals surface area contributed by atoms with Crippen LogP contribution in [0.15, 0.2) is 33.1 Å². The van der Waals surface area contributed by atoms with Crippen molar-refractivity contribution in [2.75, 3.05) is 13.1 Å². The smallest absolute Gasteiger partial charge is 0.286 e. The Bertz CT molecular complexity index is 642. The molecule has 6 nitrogen and oxygen atoms in total. The van der Waals surface area contributed by atoms with E-state index >= 15 is 0 Å². The van der Waals surface area contributed by atoms with E-state index in [1.165, 1.54) is 0 Å². The van der Waals surface area contributed by atoms with Crippen molar-refractivity contribution in [3.63, 3.8) is 0 Å². The molecule has 0 aliphatic heterocycles. The molecule has 0 saturated heterocycles. The van der Waals surface area contributed by atoms with E-state index in [0.717, 1.165) is 50.0 Å². The molecule has 0 fully saturated rings. The van der Waals surface area contributed by atoms with Crippen molar-refractivity contribution in [3.8, 4) is 0 Å². The highest BCUT2D eigenvalue weighted by Gasteiger charge is 2.09. The van der Waals surface area contributed by atoms with Gasteiger partial charge in [0.2, 0.25) is 0 Å². The van der Waals surface area contributed by atoms with Gasteiger partial charge in [-0.15, -0.1) is 0 Å². The first-order valence-electron chi connectivity index (χ1n) is 9.25. The Morgan fingerprint density at radius 1 is 0.692 bits per heavy atom. The van der Waals surface area contributed by atoms with Gasteiger partial charge in [0.1, 0.15) is 11.5 Å². The summed E-state index contributed by atoms with van der Waals surface area (Å²) in [7, 11) is 0. The van der Waals surface area contributed by atoms with Crippen LogP contribution >= 0.6 is 0 Å². The van der Waals surface area contributed by atoms with Gasteiger partial charge in [-0.25, -0.2) is 0 Å². The zero-order chi connectivity index (χ0) is 18.8. The molecule has 0 atom stereocenters. The summed E-state index contributed by atoms with van der Waals surface area (Å²) in [6.07, 6.45) is 6.33. The Labute approximate surface area is 154 Å². The summed E-state index contributed by atoms with van der Waals surface area (Å²) in [5.41, 5.74) is 0. The van der Waals surface area contributed by atoms with Crippen LogP contribution in [0.5, 0.6) is 0 Å². The molecule has 0 unspecified atom stereocenters. The predicted molar refractivity (Wildman–Crippen MR) is 99.3 cm³/mol. The van der Waals surface area contributed by atoms with Crippen molar-refractivity contribution >= 4 is 11.8 Å². The third-order valence-electron chi connectivity index (χ3n) is 4.10. The molecule has 2 aromatic rings. The summed E-state index contributed by atoms with van der Waals surface area (Å²) >= 11 is 0. The van der Waals surface area contributed by atoms with E-state index in [4.69, 9.17) is 8.83 Å². The SMILES string of the molecule is Cc1ccc(C(=O)NCCCCCCCCNC(=O)c2ccc(C)o2)o1. The molecule has 0 aromatic carbocycles. The standard InChI is InChI=1S/C20H28N2O4/c1-15-9-11-17(25-15)19(23)21-13-7-5-3-4-6-8-14-22-20(24)18-12-10-16(2)26-18/h9-12H,3-8,13-14H2,1-2H3,(H,21,23)(H,22,24). The molecule has 2 amide bonds. The Morgan fingerprint density at radius 2 is 1.08 bits per heavy atom. The number of amides is 2. The van der Waals surface area contributed by atoms with Crippen molar-refractivity contribution in [1.82, 2.24) is 10.6 Å². The molecule has 2 N–H and O–H groups in total. The molecule has 0 spiro atoms. The van der Waals surface area contributed by atoms with Crippen molar-refractivity contribution in [2.45, 2.75) is 52.4 Å². The number of unbranched alkanes of at least 4 members (excludes halogenated alkanes) is 5. The van der Waals surface area contributed by atoms with E-state index in [1.54, 1.807) is 24.3 Å². The van der Waals surface area contributed by atoms with E-state index in [-0.39, 0.29) is 11.8 Å². The van der Waals surface area contributed by atoms with Crippen molar-refractivity contribution in [1.29, 1.82) is 0 Å². The molecule has 0 aliphatic carbocycles. The lowest BCUT2D eigenvalue weighted by molar-refractivity contribution is 0.0916. The van der Waals surface area contributed by atoms with Crippen molar-refractivity contribution < 1.29 is 18.4 Å². The fourth-order valence-corrected chi connectivity index (χ4v) is 2.65. The highest BCUT2D eigenvalue weighted by Crippen LogP contribution is 2.08. The molecule has 142 valence electrons. The maximum atomic E-state index is 11.8. The second-order valence-corrected chi connectivity index (χ2v) is 6.45. The van der Waals surface area contributed by atoms with Crippen LogP contribution in [-0.2, 0) is 0 Å². The van der Waals surface area contributed by atoms with Crippen molar-refractivity contribution in [2.24, 2.45) is 0 Å². The largest absolute Gasteiger partial charge is 0.456 e. The Balaban J connectivity index is 1.41. The number of furan rings is 2. The summed E-state index contributed by atoms with van der Waals surface area (Å²) in [6.45, 7) is 4.97. The summed E-state index contributed by atoms with van der Waals surface area (Å²) in [5, 5.41) is 5.73. The predicted octanol–water partition coefficient (Wildman–Crippen LogP) is 3.99. The highest BCUT2D eigenvalue weighted by atomic mass is 16.4. The topological polar surface area (TPSA) is 84.5 Å². The summed E-state index contributed by atoms with van der Waals surface area (Å²) in [4.78, 5) is 23.6. The first-order chi connectivity index (χ1) is 12.6. The van der Waals surface area contributed by atoms with Crippen LogP contribution < -0.4 is 10.6 Å². The number of hydrogen-bond donors (Lipinski definition) is 2. The van der Waals surface area contributed by atoms with Crippen LogP contribution in [0, 0.1) is 13.8 Å². The molecule has 2 aromatic heterocycles. The van der Waals surface area contributed by atoms with E-state index in [0.29, 0.717) is 24.6 Å². The normalized spacial score (nSPS) is 10.7. The zero-order valence-corrected chi connectivity index (χ0v) is 15.6. The van der Waals surface area contributed by atoms with Gasteiger partial charge in [-0.3, -0.25) is 9.59 Å². The lowest BCUT2D eigenvalue weighted by Crippen LogP contribution is -2.24. The molecule has 0 saturated carbocycles. The van der Waals surface area contributed by atoms with E-state index in [1.807, 2.05) is 13.8 Å². The quantitative estimate of drug-likeness (QED) is 0.593. The number of hydrogen-bond acceptors (Lipinski definition) is 4. The second kappa shape index (κ2) is 10.5. The van der Waals surface area contributed by atoms with Gasteiger partial charge in [0, 0.05) is 13.1 Å². The van der Waals surface area contributed by atoms with Gasteiger partial charge in [-0.05, 0) is 51.0 Å².